The lowest BCUT2D eigenvalue weighted by Gasteiger charge is -2.12. The lowest BCUT2D eigenvalue weighted by atomic mass is 10.1. The number of furan rings is 1. The normalized spacial score (nSPS) is 11.3. The highest BCUT2D eigenvalue weighted by Crippen LogP contribution is 2.38. The van der Waals surface area contributed by atoms with E-state index in [1.807, 2.05) is 18.2 Å². The predicted molar refractivity (Wildman–Crippen MR) is 161 cm³/mol. The second kappa shape index (κ2) is 11.5. The topological polar surface area (TPSA) is 165 Å². The van der Waals surface area contributed by atoms with Gasteiger partial charge in [-0.3, -0.25) is 25.0 Å². The molecule has 0 unspecified atom stereocenters. The van der Waals surface area contributed by atoms with Crippen LogP contribution < -0.4 is 15.0 Å². The van der Waals surface area contributed by atoms with E-state index in [0.29, 0.717) is 27.8 Å². The number of ether oxygens (including phenoxy) is 2. The molecule has 0 saturated carbocycles. The molecule has 0 aliphatic heterocycles. The summed E-state index contributed by atoms with van der Waals surface area (Å²) in [6.45, 7) is -0.109. The van der Waals surface area contributed by atoms with Crippen molar-refractivity contribution < 1.29 is 23.7 Å². The highest BCUT2D eigenvalue weighted by molar-refractivity contribution is 5.86. The minimum absolute atomic E-state index is 0.0454. The molecule has 0 spiro atoms. The Hall–Kier alpha value is -6.37. The first-order valence-corrected chi connectivity index (χ1v) is 13.1. The summed E-state index contributed by atoms with van der Waals surface area (Å²) in [7, 11) is 1.33. The highest BCUT2D eigenvalue weighted by atomic mass is 16.6. The fraction of sp³-hybridized carbons (Fsp3) is 0.0645. The van der Waals surface area contributed by atoms with Crippen molar-refractivity contribution in [1.29, 1.82) is 0 Å². The van der Waals surface area contributed by atoms with Gasteiger partial charge in [0, 0.05) is 29.1 Å². The van der Waals surface area contributed by atoms with E-state index in [-0.39, 0.29) is 35.2 Å². The smallest absolute Gasteiger partial charge is 0.315 e. The van der Waals surface area contributed by atoms with Crippen molar-refractivity contribution in [3.8, 4) is 23.1 Å². The first-order valence-electron chi connectivity index (χ1n) is 13.1. The summed E-state index contributed by atoms with van der Waals surface area (Å²) in [6, 6.07) is 24.2. The zero-order chi connectivity index (χ0) is 30.8. The fourth-order valence-corrected chi connectivity index (χ4v) is 4.59. The Bertz CT molecular complexity index is 2120. The SMILES string of the molecule is COc1cc(C=Nn2c(-c3cc4ccccc4o3)nc3ccccc3c2=O)cc([N+](=O)[O-])c1OCc1ccc([N+](=O)[O-])cc1. The summed E-state index contributed by atoms with van der Waals surface area (Å²) in [6.07, 6.45) is 1.28. The zero-order valence-corrected chi connectivity index (χ0v) is 22.9. The molecule has 6 rings (SSSR count). The summed E-state index contributed by atoms with van der Waals surface area (Å²) < 4.78 is 18.2. The van der Waals surface area contributed by atoms with E-state index in [1.165, 1.54) is 49.7 Å². The van der Waals surface area contributed by atoms with E-state index >= 15 is 0 Å². The average Bonchev–Trinajstić information content (AvgIpc) is 3.47. The standard InChI is InChI=1S/C31H21N5O8/c1-42-27-15-20(14-25(36(40)41)29(27)43-18-19-10-12-22(13-11-19)35(38)39)17-32-34-30(28-16-21-6-2-5-9-26(21)44-28)33-24-8-4-3-7-23(24)31(34)37/h2-17H,18H2,1H3. The van der Waals surface area contributed by atoms with Crippen LogP contribution in [0.25, 0.3) is 33.5 Å². The van der Waals surface area contributed by atoms with Gasteiger partial charge >= 0.3 is 5.69 Å². The second-order valence-electron chi connectivity index (χ2n) is 9.50. The van der Waals surface area contributed by atoms with Gasteiger partial charge in [0.25, 0.3) is 11.2 Å². The number of rotatable bonds is 9. The van der Waals surface area contributed by atoms with Crippen LogP contribution in [0.5, 0.6) is 11.5 Å². The number of non-ortho nitro benzene ring substituents is 1. The molecule has 6 aromatic rings. The Morgan fingerprint density at radius 3 is 2.43 bits per heavy atom. The van der Waals surface area contributed by atoms with Gasteiger partial charge < -0.3 is 13.9 Å². The van der Waals surface area contributed by atoms with Crippen molar-refractivity contribution in [2.24, 2.45) is 5.10 Å². The number of benzene rings is 4. The summed E-state index contributed by atoms with van der Waals surface area (Å²) in [5.74, 6) is 0.361. The molecule has 0 aliphatic rings. The molecule has 0 fully saturated rings. The molecule has 0 N–H and O–H groups in total. The number of hydrogen-bond acceptors (Lipinski definition) is 10. The van der Waals surface area contributed by atoms with Gasteiger partial charge in [-0.05, 0) is 48.0 Å². The summed E-state index contributed by atoms with van der Waals surface area (Å²) in [4.78, 5) is 40.0. The van der Waals surface area contributed by atoms with Crippen LogP contribution in [0.4, 0.5) is 11.4 Å². The van der Waals surface area contributed by atoms with Crippen LogP contribution in [0.1, 0.15) is 11.1 Å². The molecule has 13 heteroatoms. The van der Waals surface area contributed by atoms with E-state index in [1.54, 1.807) is 36.4 Å². The Morgan fingerprint density at radius 2 is 1.70 bits per heavy atom. The molecule has 2 aromatic heterocycles. The quantitative estimate of drug-likeness (QED) is 0.110. The molecule has 0 amide bonds. The minimum Gasteiger partial charge on any atom is -0.493 e. The number of para-hydroxylation sites is 2. The maximum absolute atomic E-state index is 13.6. The summed E-state index contributed by atoms with van der Waals surface area (Å²) >= 11 is 0. The molecule has 44 heavy (non-hydrogen) atoms. The minimum atomic E-state index is -0.630. The third-order valence-corrected chi connectivity index (χ3v) is 6.73. The Labute approximate surface area is 247 Å². The van der Waals surface area contributed by atoms with E-state index in [2.05, 4.69) is 10.1 Å². The van der Waals surface area contributed by atoms with Gasteiger partial charge in [-0.1, -0.05) is 30.3 Å². The first-order chi connectivity index (χ1) is 21.3. The number of methoxy groups -OCH3 is 1. The number of nitrogens with zero attached hydrogens (tertiary/aromatic N) is 5. The van der Waals surface area contributed by atoms with Crippen molar-refractivity contribution in [2.45, 2.75) is 6.61 Å². The van der Waals surface area contributed by atoms with E-state index < -0.39 is 21.1 Å². The maximum atomic E-state index is 13.6. The lowest BCUT2D eigenvalue weighted by Crippen LogP contribution is -2.20. The number of fused-ring (bicyclic) bond motifs is 2. The van der Waals surface area contributed by atoms with Crippen LogP contribution in [-0.2, 0) is 6.61 Å². The first kappa shape index (κ1) is 27.8. The van der Waals surface area contributed by atoms with Gasteiger partial charge in [-0.15, -0.1) is 0 Å². The molecule has 0 saturated heterocycles. The molecular weight excluding hydrogens is 570 g/mol. The third kappa shape index (κ3) is 5.32. The Balaban J connectivity index is 1.40. The van der Waals surface area contributed by atoms with E-state index in [4.69, 9.17) is 13.9 Å². The van der Waals surface area contributed by atoms with Crippen LogP contribution in [0.15, 0.2) is 105 Å². The van der Waals surface area contributed by atoms with Crippen molar-refractivity contribution in [3.05, 3.63) is 133 Å². The monoisotopic (exact) mass is 591 g/mol. The predicted octanol–water partition coefficient (Wildman–Crippen LogP) is 6.10. The highest BCUT2D eigenvalue weighted by Gasteiger charge is 2.23. The molecule has 218 valence electrons. The van der Waals surface area contributed by atoms with Crippen molar-refractivity contribution in [1.82, 2.24) is 9.66 Å². The largest absolute Gasteiger partial charge is 0.493 e. The number of aromatic nitrogens is 2. The number of nitro groups is 2. The summed E-state index contributed by atoms with van der Waals surface area (Å²) in [5.41, 5.74) is 0.883. The molecule has 0 bridgehead atoms. The van der Waals surface area contributed by atoms with E-state index in [9.17, 15) is 25.0 Å². The maximum Gasteiger partial charge on any atom is 0.315 e. The lowest BCUT2D eigenvalue weighted by molar-refractivity contribution is -0.386. The zero-order valence-electron chi connectivity index (χ0n) is 22.9. The number of nitro benzene ring substituents is 2. The molecule has 0 aliphatic carbocycles. The molecule has 0 atom stereocenters. The molecular formula is C31H21N5O8. The van der Waals surface area contributed by atoms with Gasteiger partial charge in [0.15, 0.2) is 11.5 Å². The van der Waals surface area contributed by atoms with Crippen molar-refractivity contribution in [2.75, 3.05) is 7.11 Å². The van der Waals surface area contributed by atoms with Crippen LogP contribution in [0, 0.1) is 20.2 Å². The fourth-order valence-electron chi connectivity index (χ4n) is 4.59. The van der Waals surface area contributed by atoms with Gasteiger partial charge in [0.1, 0.15) is 12.2 Å². The van der Waals surface area contributed by atoms with Crippen molar-refractivity contribution in [3.63, 3.8) is 0 Å². The van der Waals surface area contributed by atoms with Gasteiger partial charge in [-0.25, -0.2) is 4.98 Å². The van der Waals surface area contributed by atoms with Crippen LogP contribution in [0.3, 0.4) is 0 Å². The van der Waals surface area contributed by atoms with Gasteiger partial charge in [-0.2, -0.15) is 9.78 Å². The molecule has 4 aromatic carbocycles. The van der Waals surface area contributed by atoms with Gasteiger partial charge in [0.05, 0.1) is 34.1 Å². The second-order valence-corrected chi connectivity index (χ2v) is 9.50. The molecule has 13 nitrogen and oxygen atoms in total. The Kier molecular flexibility index (Phi) is 7.25. The average molecular weight is 592 g/mol. The number of hydrogen-bond donors (Lipinski definition) is 0. The summed E-state index contributed by atoms with van der Waals surface area (Å²) in [5, 5.41) is 28.5. The van der Waals surface area contributed by atoms with E-state index in [0.717, 1.165) is 10.1 Å². The van der Waals surface area contributed by atoms with Gasteiger partial charge in [0.2, 0.25) is 11.6 Å². The van der Waals surface area contributed by atoms with Crippen LogP contribution in [-0.4, -0.2) is 32.8 Å². The molecule has 2 heterocycles. The Morgan fingerprint density at radius 1 is 0.955 bits per heavy atom. The van der Waals surface area contributed by atoms with Crippen LogP contribution in [0.2, 0.25) is 0 Å². The third-order valence-electron chi connectivity index (χ3n) is 6.73. The molecule has 0 radical (unpaired) electrons. The van der Waals surface area contributed by atoms with Crippen molar-refractivity contribution >= 4 is 39.5 Å². The van der Waals surface area contributed by atoms with Crippen LogP contribution >= 0.6 is 0 Å².